The molecule has 4 aromatic rings. The van der Waals surface area contributed by atoms with Gasteiger partial charge in [-0.2, -0.15) is 4.98 Å². The van der Waals surface area contributed by atoms with Crippen LogP contribution in [0.2, 0.25) is 0 Å². The lowest BCUT2D eigenvalue weighted by atomic mass is 9.97. The number of hydrogen-bond acceptors (Lipinski definition) is 7. The molecule has 2 heterocycles. The Kier molecular flexibility index (Phi) is 4.99. The van der Waals surface area contributed by atoms with Crippen LogP contribution in [0.4, 0.5) is 17.5 Å². The van der Waals surface area contributed by atoms with Gasteiger partial charge >= 0.3 is 0 Å². The van der Waals surface area contributed by atoms with Gasteiger partial charge in [-0.3, -0.25) is 9.79 Å². The van der Waals surface area contributed by atoms with E-state index in [0.717, 1.165) is 38.9 Å². The number of benzene rings is 3. The van der Waals surface area contributed by atoms with Crippen molar-refractivity contribution in [2.75, 3.05) is 18.2 Å². The van der Waals surface area contributed by atoms with E-state index in [1.807, 2.05) is 54.6 Å². The van der Waals surface area contributed by atoms with E-state index in [1.54, 1.807) is 19.4 Å². The summed E-state index contributed by atoms with van der Waals surface area (Å²) in [6, 6.07) is 19.5. The third kappa shape index (κ3) is 3.76. The molecule has 7 nitrogen and oxygen atoms in total. The van der Waals surface area contributed by atoms with Gasteiger partial charge in [-0.25, -0.2) is 4.98 Å². The lowest BCUT2D eigenvalue weighted by Crippen LogP contribution is -2.16. The van der Waals surface area contributed by atoms with E-state index in [0.29, 0.717) is 18.1 Å². The largest absolute Gasteiger partial charge is 0.496 e. The number of aromatic nitrogens is 2. The summed E-state index contributed by atoms with van der Waals surface area (Å²) in [5, 5.41) is 5.27. The number of carbonyl (C=O) groups is 1. The number of ether oxygens (including phenoxy) is 1. The maximum absolute atomic E-state index is 13.2. The second-order valence-corrected chi connectivity index (χ2v) is 7.58. The molecular weight excluding hydrogens is 402 g/mol. The predicted molar refractivity (Wildman–Crippen MR) is 126 cm³/mol. The number of nitrogens with zero attached hydrogens (tertiary/aromatic N) is 3. The maximum atomic E-state index is 13.2. The Labute approximate surface area is 185 Å². The van der Waals surface area contributed by atoms with Gasteiger partial charge in [0.05, 0.1) is 13.7 Å². The first kappa shape index (κ1) is 19.7. The number of fused-ring (bicyclic) bond motifs is 2. The minimum atomic E-state index is -0.0236. The summed E-state index contributed by atoms with van der Waals surface area (Å²) in [6.07, 6.45) is 1.84. The van der Waals surface area contributed by atoms with Gasteiger partial charge in [-0.1, -0.05) is 36.4 Å². The molecule has 0 fully saturated rings. The lowest BCUT2D eigenvalue weighted by Gasteiger charge is -2.11. The van der Waals surface area contributed by atoms with Crippen LogP contribution in [-0.4, -0.2) is 28.6 Å². The first-order valence-electron chi connectivity index (χ1n) is 10.2. The van der Waals surface area contributed by atoms with Crippen LogP contribution in [0.25, 0.3) is 10.8 Å². The Morgan fingerprint density at radius 2 is 2.00 bits per heavy atom. The molecule has 7 heteroatoms. The molecule has 0 saturated carbocycles. The van der Waals surface area contributed by atoms with Crippen molar-refractivity contribution in [1.29, 1.82) is 0 Å². The van der Waals surface area contributed by atoms with E-state index in [-0.39, 0.29) is 18.2 Å². The number of nitrogen functional groups attached to an aromatic ring is 1. The molecule has 5 rings (SSSR count). The number of aliphatic imine (C=N–C) groups is 1. The number of nitrogens with one attached hydrogen (secondary N) is 1. The molecule has 3 aromatic carbocycles. The van der Waals surface area contributed by atoms with Gasteiger partial charge in [0, 0.05) is 29.3 Å². The summed E-state index contributed by atoms with van der Waals surface area (Å²) in [5.74, 6) is 1.52. The second-order valence-electron chi connectivity index (χ2n) is 7.58. The number of carbonyl (C=O) groups excluding carboxylic acids is 1. The van der Waals surface area contributed by atoms with E-state index < -0.39 is 0 Å². The van der Waals surface area contributed by atoms with Crippen LogP contribution >= 0.6 is 0 Å². The van der Waals surface area contributed by atoms with Crippen molar-refractivity contribution in [3.63, 3.8) is 0 Å². The summed E-state index contributed by atoms with van der Waals surface area (Å²) in [7, 11) is 1.64. The van der Waals surface area contributed by atoms with Gasteiger partial charge in [0.15, 0.2) is 5.78 Å². The molecule has 0 bridgehead atoms. The molecular formula is C25H21N5O2. The smallest absolute Gasteiger partial charge is 0.221 e. The molecule has 3 N–H and O–H groups in total. The Morgan fingerprint density at radius 1 is 1.12 bits per heavy atom. The van der Waals surface area contributed by atoms with Gasteiger partial charge in [0.25, 0.3) is 0 Å². The molecule has 1 aromatic heterocycles. The van der Waals surface area contributed by atoms with Gasteiger partial charge < -0.3 is 15.8 Å². The highest BCUT2D eigenvalue weighted by molar-refractivity contribution is 6.47. The van der Waals surface area contributed by atoms with Crippen LogP contribution in [0, 0.1) is 0 Å². The van der Waals surface area contributed by atoms with Gasteiger partial charge in [-0.15, -0.1) is 0 Å². The van der Waals surface area contributed by atoms with Crippen LogP contribution in [0.3, 0.4) is 0 Å². The quantitative estimate of drug-likeness (QED) is 0.484. The molecule has 32 heavy (non-hydrogen) atoms. The number of anilines is 3. The zero-order valence-electron chi connectivity index (χ0n) is 17.5. The summed E-state index contributed by atoms with van der Waals surface area (Å²) in [4.78, 5) is 25.8. The average molecular weight is 423 g/mol. The Balaban J connectivity index is 1.40. The molecule has 158 valence electrons. The van der Waals surface area contributed by atoms with E-state index in [4.69, 9.17) is 10.5 Å². The third-order valence-electron chi connectivity index (χ3n) is 5.45. The third-order valence-corrected chi connectivity index (χ3v) is 5.45. The van der Waals surface area contributed by atoms with Crippen LogP contribution in [0.15, 0.2) is 71.9 Å². The highest BCUT2D eigenvalue weighted by Gasteiger charge is 2.23. The number of nitrogens with two attached hydrogens (primary N) is 1. The molecule has 0 atom stereocenters. The summed E-state index contributed by atoms with van der Waals surface area (Å²) >= 11 is 0. The van der Waals surface area contributed by atoms with Crippen molar-refractivity contribution < 1.29 is 9.53 Å². The van der Waals surface area contributed by atoms with Gasteiger partial charge in [0.2, 0.25) is 5.95 Å². The van der Waals surface area contributed by atoms with Gasteiger partial charge in [-0.05, 0) is 40.8 Å². The summed E-state index contributed by atoms with van der Waals surface area (Å²) in [6.45, 7) is 0.498. The maximum Gasteiger partial charge on any atom is 0.221 e. The normalized spacial score (nSPS) is 12.3. The van der Waals surface area contributed by atoms with Crippen molar-refractivity contribution in [1.82, 2.24) is 9.97 Å². The van der Waals surface area contributed by atoms with Crippen LogP contribution in [0.1, 0.15) is 16.7 Å². The highest BCUT2D eigenvalue weighted by Crippen LogP contribution is 2.29. The molecule has 0 amide bonds. The SMILES string of the molecule is COc1cc(CC(=O)C2=NCc3ccc(Nc4ccnc(N)n4)cc32)cc2ccccc12. The van der Waals surface area contributed by atoms with Gasteiger partial charge in [0.1, 0.15) is 17.3 Å². The first-order valence-corrected chi connectivity index (χ1v) is 10.2. The summed E-state index contributed by atoms with van der Waals surface area (Å²) < 4.78 is 5.54. The minimum absolute atomic E-state index is 0.0236. The molecule has 0 radical (unpaired) electrons. The topological polar surface area (TPSA) is 102 Å². The number of hydrogen-bond donors (Lipinski definition) is 2. The van der Waals surface area contributed by atoms with E-state index in [9.17, 15) is 4.79 Å². The molecule has 1 aliphatic rings. The number of methoxy groups -OCH3 is 1. The zero-order chi connectivity index (χ0) is 22.1. The Hall–Kier alpha value is -4.26. The first-order chi connectivity index (χ1) is 15.6. The molecule has 1 aliphatic heterocycles. The molecule has 0 aliphatic carbocycles. The average Bonchev–Trinajstić information content (AvgIpc) is 3.22. The fourth-order valence-corrected chi connectivity index (χ4v) is 3.97. The molecule has 0 unspecified atom stereocenters. The minimum Gasteiger partial charge on any atom is -0.496 e. The second kappa shape index (κ2) is 8.11. The van der Waals surface area contributed by atoms with E-state index >= 15 is 0 Å². The number of ketones is 1. The van der Waals surface area contributed by atoms with Crippen molar-refractivity contribution in [3.05, 3.63) is 83.6 Å². The Bertz CT molecular complexity index is 1380. The van der Waals surface area contributed by atoms with Crippen LogP contribution in [-0.2, 0) is 17.8 Å². The molecule has 0 spiro atoms. The number of Topliss-reactive ketones (excluding diaryl/α,β-unsaturated/α-hetero) is 1. The van der Waals surface area contributed by atoms with E-state index in [1.165, 1.54) is 0 Å². The van der Waals surface area contributed by atoms with Crippen LogP contribution < -0.4 is 15.8 Å². The van der Waals surface area contributed by atoms with Crippen molar-refractivity contribution in [2.24, 2.45) is 4.99 Å². The van der Waals surface area contributed by atoms with Crippen molar-refractivity contribution in [2.45, 2.75) is 13.0 Å². The predicted octanol–water partition coefficient (Wildman–Crippen LogP) is 4.08. The Morgan fingerprint density at radius 3 is 2.84 bits per heavy atom. The highest BCUT2D eigenvalue weighted by atomic mass is 16.5. The lowest BCUT2D eigenvalue weighted by molar-refractivity contribution is -0.112. The van der Waals surface area contributed by atoms with Crippen LogP contribution in [0.5, 0.6) is 5.75 Å². The standard InChI is InChI=1S/C25H21N5O2/c1-32-22-12-15(10-16-4-2-3-5-19(16)22)11-21(31)24-20-13-18(7-6-17(20)14-28-24)29-23-8-9-27-25(26)30-23/h2-10,12-13H,11,14H2,1H3,(H3,26,27,29,30). The summed E-state index contributed by atoms with van der Waals surface area (Å²) in [5.41, 5.74) is 9.72. The monoisotopic (exact) mass is 423 g/mol. The fourth-order valence-electron chi connectivity index (χ4n) is 3.97. The number of rotatable bonds is 6. The zero-order valence-corrected chi connectivity index (χ0v) is 17.5. The van der Waals surface area contributed by atoms with E-state index in [2.05, 4.69) is 20.3 Å². The molecule has 0 saturated heterocycles. The van der Waals surface area contributed by atoms with Crippen molar-refractivity contribution >= 4 is 39.7 Å². The van der Waals surface area contributed by atoms with Crippen molar-refractivity contribution in [3.8, 4) is 5.75 Å². The fraction of sp³-hybridized carbons (Fsp3) is 0.120.